The highest BCUT2D eigenvalue weighted by Gasteiger charge is 2.27. The summed E-state index contributed by atoms with van der Waals surface area (Å²) in [5.74, 6) is 1.08. The first-order valence-electron chi connectivity index (χ1n) is 11.1. The van der Waals surface area contributed by atoms with E-state index in [1.54, 1.807) is 6.33 Å². The predicted octanol–water partition coefficient (Wildman–Crippen LogP) is 5.43. The fraction of sp³-hybridized carbons (Fsp3) is 0.500. The van der Waals surface area contributed by atoms with Crippen molar-refractivity contribution in [3.63, 3.8) is 0 Å². The zero-order valence-corrected chi connectivity index (χ0v) is 18.0. The van der Waals surface area contributed by atoms with E-state index in [0.29, 0.717) is 12.1 Å². The number of anilines is 1. The fourth-order valence-corrected chi connectivity index (χ4v) is 6.36. The van der Waals surface area contributed by atoms with E-state index < -0.39 is 0 Å². The van der Waals surface area contributed by atoms with Gasteiger partial charge in [-0.2, -0.15) is 0 Å². The Kier molecular flexibility index (Phi) is 5.51. The van der Waals surface area contributed by atoms with Crippen LogP contribution < -0.4 is 5.32 Å². The van der Waals surface area contributed by atoms with Crippen molar-refractivity contribution in [3.8, 4) is 0 Å². The van der Waals surface area contributed by atoms with Crippen LogP contribution in [0.5, 0.6) is 0 Å². The predicted molar refractivity (Wildman–Crippen MR) is 122 cm³/mol. The lowest BCUT2D eigenvalue weighted by Gasteiger charge is -2.37. The van der Waals surface area contributed by atoms with Gasteiger partial charge in [0.05, 0.1) is 5.39 Å². The molecular formula is C24H30N4S. The number of benzene rings is 1. The summed E-state index contributed by atoms with van der Waals surface area (Å²) < 4.78 is 0. The van der Waals surface area contributed by atoms with Crippen molar-refractivity contribution in [3.05, 3.63) is 52.7 Å². The van der Waals surface area contributed by atoms with Crippen LogP contribution in [0.2, 0.25) is 0 Å². The number of hydrogen-bond acceptors (Lipinski definition) is 5. The molecule has 2 aromatic heterocycles. The summed E-state index contributed by atoms with van der Waals surface area (Å²) in [6.45, 7) is 4.47. The second kappa shape index (κ2) is 8.41. The molecule has 1 fully saturated rings. The zero-order chi connectivity index (χ0) is 19.6. The summed E-state index contributed by atoms with van der Waals surface area (Å²) in [5, 5.41) is 5.12. The highest BCUT2D eigenvalue weighted by atomic mass is 32.1. The molecule has 0 amide bonds. The summed E-state index contributed by atoms with van der Waals surface area (Å²) in [6.07, 6.45) is 10.4. The molecule has 29 heavy (non-hydrogen) atoms. The van der Waals surface area contributed by atoms with Crippen molar-refractivity contribution in [1.29, 1.82) is 0 Å². The third-order valence-corrected chi connectivity index (χ3v) is 7.89. The highest BCUT2D eigenvalue weighted by Crippen LogP contribution is 2.39. The molecule has 5 rings (SSSR count). The Morgan fingerprint density at radius 2 is 1.90 bits per heavy atom. The maximum absolute atomic E-state index is 4.65. The molecule has 4 nitrogen and oxygen atoms in total. The number of aromatic nitrogens is 2. The number of nitrogens with one attached hydrogen (secondary N) is 1. The topological polar surface area (TPSA) is 41.0 Å². The van der Waals surface area contributed by atoms with Crippen LogP contribution in [0.4, 0.5) is 5.82 Å². The lowest BCUT2D eigenvalue weighted by molar-refractivity contribution is 0.152. The van der Waals surface area contributed by atoms with E-state index in [4.69, 9.17) is 0 Å². The van der Waals surface area contributed by atoms with Crippen LogP contribution in [0, 0.1) is 0 Å². The van der Waals surface area contributed by atoms with E-state index in [-0.39, 0.29) is 0 Å². The molecule has 0 atom stereocenters. The van der Waals surface area contributed by atoms with E-state index in [1.165, 1.54) is 71.2 Å². The van der Waals surface area contributed by atoms with E-state index in [2.05, 4.69) is 57.4 Å². The van der Waals surface area contributed by atoms with Crippen LogP contribution >= 0.6 is 11.3 Å². The van der Waals surface area contributed by atoms with Gasteiger partial charge < -0.3 is 5.32 Å². The summed E-state index contributed by atoms with van der Waals surface area (Å²) in [7, 11) is 0. The number of hydrogen-bond donors (Lipinski definition) is 1. The van der Waals surface area contributed by atoms with Crippen LogP contribution in [0.15, 0.2) is 36.7 Å². The Morgan fingerprint density at radius 3 is 2.69 bits per heavy atom. The first-order chi connectivity index (χ1) is 14.3. The van der Waals surface area contributed by atoms with Gasteiger partial charge in [0.15, 0.2) is 0 Å². The van der Waals surface area contributed by atoms with Gasteiger partial charge in [-0.25, -0.2) is 9.97 Å². The van der Waals surface area contributed by atoms with Crippen molar-refractivity contribution in [2.45, 2.75) is 70.5 Å². The van der Waals surface area contributed by atoms with Gasteiger partial charge >= 0.3 is 0 Å². The Morgan fingerprint density at radius 1 is 1.07 bits per heavy atom. The number of thiophene rings is 1. The third-order valence-electron chi connectivity index (χ3n) is 6.69. The van der Waals surface area contributed by atoms with Crippen molar-refractivity contribution in [2.24, 2.45) is 0 Å². The molecule has 1 saturated carbocycles. The summed E-state index contributed by atoms with van der Waals surface area (Å²) in [6, 6.07) is 12.1. The minimum Gasteiger partial charge on any atom is -0.367 e. The molecule has 1 aromatic carbocycles. The lowest BCUT2D eigenvalue weighted by atomic mass is 9.89. The molecule has 2 heterocycles. The average Bonchev–Trinajstić information content (AvgIpc) is 3.35. The summed E-state index contributed by atoms with van der Waals surface area (Å²) in [5.41, 5.74) is 2.94. The van der Waals surface area contributed by atoms with Crippen molar-refractivity contribution >= 4 is 27.4 Å². The Bertz CT molecular complexity index is 960. The Hall–Kier alpha value is -1.98. The van der Waals surface area contributed by atoms with Crippen LogP contribution in [-0.2, 0) is 19.4 Å². The molecule has 0 radical (unpaired) electrons. The van der Waals surface area contributed by atoms with Gasteiger partial charge in [-0.1, -0.05) is 37.3 Å². The Balaban J connectivity index is 1.24. The first-order valence-corrected chi connectivity index (χ1v) is 11.9. The number of aryl methyl sites for hydroxylation is 2. The second-order valence-corrected chi connectivity index (χ2v) is 9.54. The molecule has 0 spiro atoms. The maximum atomic E-state index is 4.65. The standard InChI is InChI=1S/C24H30N4S/c1-2-28(15-17-7-4-3-5-8-17)19-13-11-18(12-14-19)27-23-22-20-9-6-10-21(20)29-24(22)26-16-25-23/h3-5,7-8,16,18-19H,2,6,9-15H2,1H3,(H,25,26,27)/t18-,19-. The molecule has 2 aliphatic rings. The van der Waals surface area contributed by atoms with Gasteiger partial charge in [0.1, 0.15) is 17.0 Å². The average molecular weight is 407 g/mol. The molecule has 152 valence electrons. The highest BCUT2D eigenvalue weighted by molar-refractivity contribution is 7.19. The fourth-order valence-electron chi connectivity index (χ4n) is 5.13. The Labute approximate surface area is 177 Å². The van der Waals surface area contributed by atoms with Gasteiger partial charge in [-0.15, -0.1) is 11.3 Å². The summed E-state index contributed by atoms with van der Waals surface area (Å²) >= 11 is 1.87. The number of rotatable bonds is 6. The molecule has 2 aliphatic carbocycles. The molecule has 3 aromatic rings. The minimum atomic E-state index is 0.525. The van der Waals surface area contributed by atoms with Gasteiger partial charge in [0, 0.05) is 23.5 Å². The smallest absolute Gasteiger partial charge is 0.138 e. The second-order valence-electron chi connectivity index (χ2n) is 8.46. The van der Waals surface area contributed by atoms with Crippen LogP contribution in [-0.4, -0.2) is 33.5 Å². The summed E-state index contributed by atoms with van der Waals surface area (Å²) in [4.78, 5) is 14.6. The van der Waals surface area contributed by atoms with Gasteiger partial charge in [0.25, 0.3) is 0 Å². The monoisotopic (exact) mass is 406 g/mol. The SMILES string of the molecule is CCN(Cc1ccccc1)[C@H]1CC[C@H](Nc2ncnc3sc4c(c23)CCC4)CC1. The largest absolute Gasteiger partial charge is 0.367 e. The maximum Gasteiger partial charge on any atom is 0.138 e. The van der Waals surface area contributed by atoms with E-state index in [9.17, 15) is 0 Å². The minimum absolute atomic E-state index is 0.525. The lowest BCUT2D eigenvalue weighted by Crippen LogP contribution is -2.40. The van der Waals surface area contributed by atoms with Crippen LogP contribution in [0.25, 0.3) is 10.2 Å². The van der Waals surface area contributed by atoms with Gasteiger partial charge in [-0.05, 0) is 62.6 Å². The van der Waals surface area contributed by atoms with Gasteiger partial charge in [0.2, 0.25) is 0 Å². The molecule has 0 unspecified atom stereocenters. The molecule has 5 heteroatoms. The number of fused-ring (bicyclic) bond motifs is 3. The van der Waals surface area contributed by atoms with Crippen molar-refractivity contribution < 1.29 is 0 Å². The number of nitrogens with zero attached hydrogens (tertiary/aromatic N) is 3. The molecular weight excluding hydrogens is 376 g/mol. The van der Waals surface area contributed by atoms with Crippen molar-refractivity contribution in [1.82, 2.24) is 14.9 Å². The van der Waals surface area contributed by atoms with E-state index in [0.717, 1.165) is 18.9 Å². The molecule has 0 bridgehead atoms. The normalized spacial score (nSPS) is 21.6. The van der Waals surface area contributed by atoms with Gasteiger partial charge in [-0.3, -0.25) is 4.90 Å². The third kappa shape index (κ3) is 3.90. The van der Waals surface area contributed by atoms with Crippen LogP contribution in [0.1, 0.15) is 55.0 Å². The molecule has 1 N–H and O–H groups in total. The van der Waals surface area contributed by atoms with Crippen LogP contribution in [0.3, 0.4) is 0 Å². The molecule has 0 saturated heterocycles. The first kappa shape index (κ1) is 19.0. The zero-order valence-electron chi connectivity index (χ0n) is 17.2. The van der Waals surface area contributed by atoms with E-state index >= 15 is 0 Å². The van der Waals surface area contributed by atoms with E-state index in [1.807, 2.05) is 11.3 Å². The molecule has 0 aliphatic heterocycles. The van der Waals surface area contributed by atoms with Crippen molar-refractivity contribution in [2.75, 3.05) is 11.9 Å². The quantitative estimate of drug-likeness (QED) is 0.593.